The van der Waals surface area contributed by atoms with Gasteiger partial charge in [-0.25, -0.2) is 4.79 Å². The van der Waals surface area contributed by atoms with Gasteiger partial charge in [0.05, 0.1) is 12.2 Å². The van der Waals surface area contributed by atoms with Gasteiger partial charge < -0.3 is 25.6 Å². The van der Waals surface area contributed by atoms with E-state index in [1.165, 1.54) is 6.08 Å². The molecule has 7 heteroatoms. The Bertz CT molecular complexity index is 1000. The third-order valence-electron chi connectivity index (χ3n) is 7.25. The molecular formula is C32H48N2O5. The number of likely N-dealkylation sites (N-methyl/N-ethyl adjacent to an activating group) is 1. The zero-order chi connectivity index (χ0) is 29.7. The molecule has 0 aliphatic heterocycles. The van der Waals surface area contributed by atoms with E-state index in [0.717, 1.165) is 11.3 Å². The molecule has 8 atom stereocenters. The van der Waals surface area contributed by atoms with Crippen molar-refractivity contribution in [2.24, 2.45) is 35.3 Å². The van der Waals surface area contributed by atoms with Crippen LogP contribution in [0.25, 0.3) is 0 Å². The molecule has 39 heavy (non-hydrogen) atoms. The number of nitrogens with two attached hydrogens (primary N) is 1. The number of carbonyl (C=O) groups excluding carboxylic acids is 2. The van der Waals surface area contributed by atoms with E-state index >= 15 is 0 Å². The Labute approximate surface area is 234 Å². The van der Waals surface area contributed by atoms with Gasteiger partial charge in [0.15, 0.2) is 0 Å². The average molecular weight is 541 g/mol. The van der Waals surface area contributed by atoms with E-state index in [2.05, 4.69) is 6.58 Å². The number of benzene rings is 1. The smallest absolute Gasteiger partial charge is 0.404 e. The summed E-state index contributed by atoms with van der Waals surface area (Å²) in [5, 5.41) is 22.0. The lowest BCUT2D eigenvalue weighted by molar-refractivity contribution is -0.113. The van der Waals surface area contributed by atoms with Crippen molar-refractivity contribution in [1.29, 1.82) is 0 Å². The SMILES string of the molecule is C=C/C=C/C(C)C(OC(N)=O)C(C)C(O)C(C)C/C(C)=C/C(C)C(O)C(C)/C=C/C(=O)N(C)c1ccccc1. The van der Waals surface area contributed by atoms with Crippen LogP contribution in [0.1, 0.15) is 48.0 Å². The van der Waals surface area contributed by atoms with Crippen molar-refractivity contribution in [1.82, 2.24) is 0 Å². The van der Waals surface area contributed by atoms with Crippen LogP contribution in [0.5, 0.6) is 0 Å². The number of para-hydroxylation sites is 1. The van der Waals surface area contributed by atoms with Gasteiger partial charge >= 0.3 is 6.09 Å². The monoisotopic (exact) mass is 540 g/mol. The predicted octanol–water partition coefficient (Wildman–Crippen LogP) is 5.65. The number of carbonyl (C=O) groups is 2. The second-order valence-electron chi connectivity index (χ2n) is 10.7. The summed E-state index contributed by atoms with van der Waals surface area (Å²) in [5.74, 6) is -1.21. The zero-order valence-corrected chi connectivity index (χ0v) is 24.5. The Hall–Kier alpha value is -3.16. The highest BCUT2D eigenvalue weighted by molar-refractivity contribution is 6.00. The standard InChI is InChI=1S/C32H48N2O5/c1-9-10-14-23(4)31(39-32(33)38)26(7)30(37)25(6)20-21(2)19-24(5)29(36)22(3)17-18-28(35)34(8)27-15-12-11-13-16-27/h9-19,22-26,29-31,36-37H,1,20H2,2-8H3,(H2,33,38)/b14-10+,18-17+,21-19+. The lowest BCUT2D eigenvalue weighted by Crippen LogP contribution is -2.41. The molecule has 1 aromatic rings. The van der Waals surface area contributed by atoms with Crippen LogP contribution in [-0.4, -0.2) is 47.6 Å². The number of anilines is 1. The Morgan fingerprint density at radius 1 is 1.00 bits per heavy atom. The van der Waals surface area contributed by atoms with Gasteiger partial charge in [-0.2, -0.15) is 0 Å². The molecule has 216 valence electrons. The number of amides is 2. The van der Waals surface area contributed by atoms with E-state index in [9.17, 15) is 19.8 Å². The van der Waals surface area contributed by atoms with Crippen LogP contribution in [0.3, 0.4) is 0 Å². The molecule has 0 saturated heterocycles. The maximum Gasteiger partial charge on any atom is 0.404 e. The van der Waals surface area contributed by atoms with Crippen LogP contribution in [0, 0.1) is 29.6 Å². The fourth-order valence-electron chi connectivity index (χ4n) is 4.86. The first-order chi connectivity index (χ1) is 18.3. The van der Waals surface area contributed by atoms with E-state index in [0.29, 0.717) is 6.42 Å². The lowest BCUT2D eigenvalue weighted by Gasteiger charge is -2.33. The Kier molecular flexibility index (Phi) is 14.5. The number of ether oxygens (including phenoxy) is 1. The van der Waals surface area contributed by atoms with Gasteiger partial charge in [-0.3, -0.25) is 4.79 Å². The molecule has 0 aromatic heterocycles. The molecule has 1 aromatic carbocycles. The number of hydrogen-bond acceptors (Lipinski definition) is 5. The molecule has 4 N–H and O–H groups in total. The van der Waals surface area contributed by atoms with Crippen LogP contribution >= 0.6 is 0 Å². The molecule has 0 heterocycles. The molecule has 0 aliphatic rings. The normalized spacial score (nSPS) is 18.5. The molecule has 1 rings (SSSR count). The summed E-state index contributed by atoms with van der Waals surface area (Å²) in [6.07, 6.45) is 8.25. The molecule has 0 aliphatic carbocycles. The number of primary amides is 1. The quantitative estimate of drug-likeness (QED) is 0.151. The Balaban J connectivity index is 2.80. The summed E-state index contributed by atoms with van der Waals surface area (Å²) >= 11 is 0. The summed E-state index contributed by atoms with van der Waals surface area (Å²) in [7, 11) is 1.72. The van der Waals surface area contributed by atoms with Crippen LogP contribution in [0.4, 0.5) is 10.5 Å². The van der Waals surface area contributed by atoms with E-state index in [-0.39, 0.29) is 35.5 Å². The maximum atomic E-state index is 12.5. The minimum absolute atomic E-state index is 0.126. The molecular weight excluding hydrogens is 492 g/mol. The van der Waals surface area contributed by atoms with Crippen LogP contribution < -0.4 is 10.6 Å². The van der Waals surface area contributed by atoms with Gasteiger partial charge in [-0.05, 0) is 37.5 Å². The van der Waals surface area contributed by atoms with Crippen molar-refractivity contribution in [2.75, 3.05) is 11.9 Å². The second kappa shape index (κ2) is 16.7. The first-order valence-corrected chi connectivity index (χ1v) is 13.6. The van der Waals surface area contributed by atoms with Crippen molar-refractivity contribution >= 4 is 17.7 Å². The van der Waals surface area contributed by atoms with E-state index in [1.54, 1.807) is 30.2 Å². The van der Waals surface area contributed by atoms with E-state index in [4.69, 9.17) is 10.5 Å². The first kappa shape index (κ1) is 33.9. The van der Waals surface area contributed by atoms with Crippen molar-refractivity contribution in [3.05, 3.63) is 78.9 Å². The Morgan fingerprint density at radius 3 is 2.18 bits per heavy atom. The molecule has 0 fully saturated rings. The largest absolute Gasteiger partial charge is 0.445 e. The lowest BCUT2D eigenvalue weighted by atomic mass is 9.81. The number of aliphatic hydroxyl groups is 2. The highest BCUT2D eigenvalue weighted by Gasteiger charge is 2.33. The van der Waals surface area contributed by atoms with Gasteiger partial charge in [-0.15, -0.1) is 0 Å². The third-order valence-corrected chi connectivity index (χ3v) is 7.25. The van der Waals surface area contributed by atoms with Crippen molar-refractivity contribution in [2.45, 2.75) is 66.3 Å². The molecule has 2 amide bonds. The van der Waals surface area contributed by atoms with Gasteiger partial charge in [-0.1, -0.05) is 95.3 Å². The van der Waals surface area contributed by atoms with Gasteiger partial charge in [0.1, 0.15) is 6.10 Å². The fourth-order valence-corrected chi connectivity index (χ4v) is 4.86. The molecule has 7 nitrogen and oxygen atoms in total. The summed E-state index contributed by atoms with van der Waals surface area (Å²) in [6, 6.07) is 9.38. The zero-order valence-electron chi connectivity index (χ0n) is 24.5. The van der Waals surface area contributed by atoms with Gasteiger partial charge in [0.2, 0.25) is 5.91 Å². The van der Waals surface area contributed by atoms with Gasteiger partial charge in [0.25, 0.3) is 0 Å². The molecule has 0 radical (unpaired) electrons. The van der Waals surface area contributed by atoms with Crippen molar-refractivity contribution in [3.8, 4) is 0 Å². The Morgan fingerprint density at radius 2 is 1.62 bits per heavy atom. The van der Waals surface area contributed by atoms with Crippen LogP contribution in [0.2, 0.25) is 0 Å². The number of hydrogen-bond donors (Lipinski definition) is 3. The molecule has 0 bridgehead atoms. The highest BCUT2D eigenvalue weighted by Crippen LogP contribution is 2.29. The molecule has 8 unspecified atom stereocenters. The number of allylic oxidation sites excluding steroid dienone is 3. The summed E-state index contributed by atoms with van der Waals surface area (Å²) in [4.78, 5) is 25.6. The van der Waals surface area contributed by atoms with Gasteiger partial charge in [0, 0.05) is 36.4 Å². The summed E-state index contributed by atoms with van der Waals surface area (Å²) < 4.78 is 5.36. The second-order valence-corrected chi connectivity index (χ2v) is 10.7. The average Bonchev–Trinajstić information content (AvgIpc) is 2.91. The van der Waals surface area contributed by atoms with E-state index in [1.807, 2.05) is 84.0 Å². The summed E-state index contributed by atoms with van der Waals surface area (Å²) in [6.45, 7) is 15.2. The van der Waals surface area contributed by atoms with E-state index < -0.39 is 24.4 Å². The van der Waals surface area contributed by atoms with Crippen LogP contribution in [-0.2, 0) is 9.53 Å². The van der Waals surface area contributed by atoms with Crippen molar-refractivity contribution < 1.29 is 24.5 Å². The first-order valence-electron chi connectivity index (χ1n) is 13.6. The summed E-state index contributed by atoms with van der Waals surface area (Å²) in [5.41, 5.74) is 7.13. The fraction of sp³-hybridized carbons (Fsp3) is 0.500. The predicted molar refractivity (Wildman–Crippen MR) is 159 cm³/mol. The van der Waals surface area contributed by atoms with Crippen molar-refractivity contribution in [3.63, 3.8) is 0 Å². The molecule has 0 spiro atoms. The molecule has 0 saturated carbocycles. The minimum atomic E-state index is -0.874. The number of aliphatic hydroxyl groups excluding tert-OH is 2. The third kappa shape index (κ3) is 11.2. The number of rotatable bonds is 15. The maximum absolute atomic E-state index is 12.5. The minimum Gasteiger partial charge on any atom is -0.445 e. The van der Waals surface area contributed by atoms with Crippen LogP contribution in [0.15, 0.2) is 78.9 Å². The topological polar surface area (TPSA) is 113 Å². The highest BCUT2D eigenvalue weighted by atomic mass is 16.6. The number of nitrogens with zero attached hydrogens (tertiary/aromatic N) is 1.